The Kier molecular flexibility index (Phi) is 4.92. The maximum absolute atomic E-state index is 12.0. The fraction of sp³-hybridized carbons (Fsp3) is 0.556. The summed E-state index contributed by atoms with van der Waals surface area (Å²) in [4.78, 5) is 22.0. The Balaban J connectivity index is 2.24. The average Bonchev–Trinajstić information content (AvgIpc) is 2.54. The summed E-state index contributed by atoms with van der Waals surface area (Å²) < 4.78 is 0.598. The minimum absolute atomic E-state index is 0.0203. The van der Waals surface area contributed by atoms with Crippen LogP contribution < -0.4 is 16.4 Å². The van der Waals surface area contributed by atoms with E-state index in [1.165, 1.54) is 0 Å². The van der Waals surface area contributed by atoms with E-state index in [4.69, 9.17) is 11.5 Å². The van der Waals surface area contributed by atoms with Crippen LogP contribution in [-0.4, -0.2) is 22.5 Å². The number of nitro benzene ring substituents is 1. The largest absolute Gasteiger partial charge is 0.369 e. The molecule has 8 nitrogen and oxygen atoms in total. The predicted molar refractivity (Wildman–Crippen MR) is 111 cm³/mol. The number of hydrogen-bond donors (Lipinski definition) is 2. The number of rotatable bonds is 2. The van der Waals surface area contributed by atoms with Crippen LogP contribution in [0.25, 0.3) is 0 Å². The number of hydrogen-bond acceptors (Lipinski definition) is 7. The molecule has 1 aliphatic carbocycles. The van der Waals surface area contributed by atoms with Gasteiger partial charge >= 0.3 is 0 Å². The van der Waals surface area contributed by atoms with E-state index in [-0.39, 0.29) is 27.9 Å². The monoisotopic (exact) mass is 436 g/mol. The van der Waals surface area contributed by atoms with Gasteiger partial charge in [-0.3, -0.25) is 15.0 Å². The van der Waals surface area contributed by atoms with Gasteiger partial charge in [-0.2, -0.15) is 4.99 Å². The van der Waals surface area contributed by atoms with Crippen molar-refractivity contribution in [3.05, 3.63) is 32.3 Å². The molecule has 1 saturated carbocycles. The maximum atomic E-state index is 12.0. The molecule has 0 bridgehead atoms. The van der Waals surface area contributed by atoms with Gasteiger partial charge in [-0.25, -0.2) is 4.99 Å². The lowest BCUT2D eigenvalue weighted by Gasteiger charge is -2.45. The van der Waals surface area contributed by atoms with Crippen LogP contribution in [0.2, 0.25) is 0 Å². The van der Waals surface area contributed by atoms with Crippen molar-refractivity contribution in [1.29, 1.82) is 0 Å². The van der Waals surface area contributed by atoms with Gasteiger partial charge in [-0.1, -0.05) is 27.2 Å². The molecule has 27 heavy (non-hydrogen) atoms. The van der Waals surface area contributed by atoms with Crippen molar-refractivity contribution in [2.24, 2.45) is 21.5 Å². The molecule has 0 saturated heterocycles. The molecule has 4 N–H and O–H groups in total. The van der Waals surface area contributed by atoms with Crippen molar-refractivity contribution < 1.29 is 4.92 Å². The number of benzene rings is 1. The summed E-state index contributed by atoms with van der Waals surface area (Å²) in [6.07, 6.45) is 4.43. The van der Waals surface area contributed by atoms with E-state index in [9.17, 15) is 10.1 Å². The summed E-state index contributed by atoms with van der Waals surface area (Å²) in [6, 6.07) is 3.53. The van der Waals surface area contributed by atoms with E-state index in [2.05, 4.69) is 25.9 Å². The molecule has 2 aliphatic rings. The second-order valence-electron chi connectivity index (χ2n) is 8.15. The van der Waals surface area contributed by atoms with Crippen LogP contribution in [0.1, 0.15) is 58.4 Å². The first-order chi connectivity index (χ1) is 12.5. The van der Waals surface area contributed by atoms with Gasteiger partial charge < -0.3 is 11.5 Å². The molecule has 1 aliphatic heterocycles. The molecule has 9 heteroatoms. The van der Waals surface area contributed by atoms with Gasteiger partial charge in [0.2, 0.25) is 11.9 Å². The highest BCUT2D eigenvalue weighted by molar-refractivity contribution is 9.10. The summed E-state index contributed by atoms with van der Waals surface area (Å²) in [5.74, 6) is 0.257. The molecule has 1 aromatic rings. The van der Waals surface area contributed by atoms with E-state index < -0.39 is 5.66 Å². The lowest BCUT2D eigenvalue weighted by molar-refractivity contribution is -0.384. The molecule has 1 heterocycles. The third-order valence-electron chi connectivity index (χ3n) is 5.18. The molecule has 0 amide bonds. The number of anilines is 1. The summed E-state index contributed by atoms with van der Waals surface area (Å²) in [5.41, 5.74) is 12.4. The van der Waals surface area contributed by atoms with Crippen molar-refractivity contribution in [3.63, 3.8) is 0 Å². The third kappa shape index (κ3) is 3.52. The molecular formula is C18H25BrN6O2. The normalized spacial score (nSPS) is 19.6. The van der Waals surface area contributed by atoms with Crippen LogP contribution in [0.5, 0.6) is 0 Å². The molecule has 0 atom stereocenters. The van der Waals surface area contributed by atoms with Crippen LogP contribution in [0.15, 0.2) is 26.6 Å². The van der Waals surface area contributed by atoms with Gasteiger partial charge in [0, 0.05) is 10.5 Å². The fourth-order valence-corrected chi connectivity index (χ4v) is 4.45. The number of nitrogens with two attached hydrogens (primary N) is 2. The molecule has 0 radical (unpaired) electrons. The summed E-state index contributed by atoms with van der Waals surface area (Å²) in [6.45, 7) is 6.05. The summed E-state index contributed by atoms with van der Waals surface area (Å²) in [7, 11) is 0. The average molecular weight is 437 g/mol. The Morgan fingerprint density at radius 1 is 1.22 bits per heavy atom. The zero-order valence-electron chi connectivity index (χ0n) is 15.8. The van der Waals surface area contributed by atoms with Crippen molar-refractivity contribution in [3.8, 4) is 0 Å². The van der Waals surface area contributed by atoms with Gasteiger partial charge in [0.15, 0.2) is 0 Å². The Bertz CT molecular complexity index is 837. The Hall–Kier alpha value is -2.16. The van der Waals surface area contributed by atoms with Gasteiger partial charge in [0.25, 0.3) is 5.69 Å². The standard InChI is InChI=1S/C18H25BrN6O2/c1-17(2,3)11-9-12(19)14(13(10-11)25(26)27)24-16(21)22-15(20)23-18(24)7-5-4-6-8-18/h9-10H,4-8H2,1-3H3,(H4,20,21,22,23). The van der Waals surface area contributed by atoms with Crippen LogP contribution in [0.3, 0.4) is 0 Å². The van der Waals surface area contributed by atoms with Crippen LogP contribution in [-0.2, 0) is 5.41 Å². The number of guanidine groups is 2. The maximum Gasteiger partial charge on any atom is 0.294 e. The number of nitro groups is 1. The second-order valence-corrected chi connectivity index (χ2v) is 9.01. The van der Waals surface area contributed by atoms with Gasteiger partial charge in [0.1, 0.15) is 11.4 Å². The van der Waals surface area contributed by atoms with Gasteiger partial charge in [0.05, 0.1) is 4.92 Å². The molecule has 3 rings (SSSR count). The first-order valence-electron chi connectivity index (χ1n) is 9.03. The summed E-state index contributed by atoms with van der Waals surface area (Å²) in [5, 5.41) is 12.0. The van der Waals surface area contributed by atoms with Crippen molar-refractivity contribution in [2.45, 2.75) is 64.0 Å². The highest BCUT2D eigenvalue weighted by Crippen LogP contribution is 2.47. The molecule has 1 aromatic carbocycles. The molecule has 146 valence electrons. The predicted octanol–water partition coefficient (Wildman–Crippen LogP) is 3.76. The van der Waals surface area contributed by atoms with Gasteiger partial charge in [-0.05, 0) is 58.7 Å². The molecule has 0 aromatic heterocycles. The third-order valence-corrected chi connectivity index (χ3v) is 5.79. The zero-order chi connectivity index (χ0) is 20.0. The lowest BCUT2D eigenvalue weighted by atomic mass is 9.85. The second kappa shape index (κ2) is 6.78. The minimum Gasteiger partial charge on any atom is -0.369 e. The van der Waals surface area contributed by atoms with Crippen molar-refractivity contribution in [2.75, 3.05) is 4.90 Å². The first kappa shape index (κ1) is 19.6. The molecular weight excluding hydrogens is 412 g/mol. The Morgan fingerprint density at radius 3 is 2.41 bits per heavy atom. The number of halogens is 1. The lowest BCUT2D eigenvalue weighted by Crippen LogP contribution is -2.58. The van der Waals surface area contributed by atoms with Crippen molar-refractivity contribution >= 4 is 39.2 Å². The zero-order valence-corrected chi connectivity index (χ0v) is 17.4. The molecule has 0 unspecified atom stereocenters. The van der Waals surface area contributed by atoms with Crippen LogP contribution in [0, 0.1) is 10.1 Å². The van der Waals surface area contributed by atoms with E-state index >= 15 is 0 Å². The van der Waals surface area contributed by atoms with Crippen LogP contribution >= 0.6 is 15.9 Å². The fourth-order valence-electron chi connectivity index (χ4n) is 3.82. The van der Waals surface area contributed by atoms with Crippen molar-refractivity contribution in [1.82, 2.24) is 0 Å². The Morgan fingerprint density at radius 2 is 1.85 bits per heavy atom. The van der Waals surface area contributed by atoms with E-state index in [0.29, 0.717) is 23.0 Å². The highest BCUT2D eigenvalue weighted by atomic mass is 79.9. The first-order valence-corrected chi connectivity index (χ1v) is 9.83. The van der Waals surface area contributed by atoms with Crippen LogP contribution in [0.4, 0.5) is 11.4 Å². The number of aliphatic imine (C=N–C) groups is 2. The van der Waals surface area contributed by atoms with E-state index in [1.807, 2.05) is 26.8 Å². The van der Waals surface area contributed by atoms with Gasteiger partial charge in [-0.15, -0.1) is 0 Å². The SMILES string of the molecule is CC(C)(C)c1cc(Br)c(N2C(N)=NC(N)=NC23CCCCC3)c([N+](=O)[O-])c1. The molecule has 1 fully saturated rings. The topological polar surface area (TPSA) is 123 Å². The summed E-state index contributed by atoms with van der Waals surface area (Å²) >= 11 is 3.55. The van der Waals surface area contributed by atoms with E-state index in [1.54, 1.807) is 11.0 Å². The Labute approximate surface area is 167 Å². The highest BCUT2D eigenvalue weighted by Gasteiger charge is 2.45. The molecule has 1 spiro atoms. The quantitative estimate of drug-likeness (QED) is 0.539. The van der Waals surface area contributed by atoms with E-state index in [0.717, 1.165) is 24.8 Å². The minimum atomic E-state index is -0.731. The number of nitrogens with zero attached hydrogens (tertiary/aromatic N) is 4. The smallest absolute Gasteiger partial charge is 0.294 e.